The van der Waals surface area contributed by atoms with Gasteiger partial charge < -0.3 is 9.84 Å². The Kier molecular flexibility index (Phi) is 3.48. The molecular weight excluding hydrogens is 240 g/mol. The van der Waals surface area contributed by atoms with Gasteiger partial charge in [-0.25, -0.2) is 0 Å². The van der Waals surface area contributed by atoms with Gasteiger partial charge in [-0.05, 0) is 6.42 Å². The highest BCUT2D eigenvalue weighted by Crippen LogP contribution is 2.38. The topological polar surface area (TPSA) is 47.3 Å². The van der Waals surface area contributed by atoms with Crippen LogP contribution < -0.4 is 0 Å². The lowest BCUT2D eigenvalue weighted by atomic mass is 9.74. The van der Waals surface area contributed by atoms with Crippen molar-refractivity contribution in [1.29, 1.82) is 0 Å². The van der Waals surface area contributed by atoms with Gasteiger partial charge in [0.05, 0.1) is 28.1 Å². The van der Waals surface area contributed by atoms with Gasteiger partial charge in [0, 0.05) is 33.4 Å². The molecule has 0 atom stereocenters. The molecule has 1 heterocycles. The average molecular weight is 259 g/mol. The highest BCUT2D eigenvalue weighted by atomic mass is 35.5. The highest BCUT2D eigenvalue weighted by molar-refractivity contribution is 6.31. The van der Waals surface area contributed by atoms with Crippen LogP contribution in [-0.4, -0.2) is 33.7 Å². The summed E-state index contributed by atoms with van der Waals surface area (Å²) in [6.07, 6.45) is 2.89. The molecule has 1 aromatic rings. The summed E-state index contributed by atoms with van der Waals surface area (Å²) in [5.41, 5.74) is 1.14. The summed E-state index contributed by atoms with van der Waals surface area (Å²) in [7, 11) is 3.55. The molecule has 1 N–H and O–H groups in total. The average Bonchev–Trinajstić information content (AvgIpc) is 2.52. The quantitative estimate of drug-likeness (QED) is 0.895. The van der Waals surface area contributed by atoms with Crippen LogP contribution in [0.5, 0.6) is 0 Å². The number of hydrogen-bond donors (Lipinski definition) is 1. The Morgan fingerprint density at radius 2 is 2.24 bits per heavy atom. The SMILES string of the molecule is CCc1nn(C)c(CC2(O)CC(OC)C2)c1Cl. The smallest absolute Gasteiger partial charge is 0.0850 e. The number of ether oxygens (including phenoxy) is 1. The van der Waals surface area contributed by atoms with Crippen molar-refractivity contribution in [3.05, 3.63) is 16.4 Å². The first-order valence-electron chi connectivity index (χ1n) is 5.94. The lowest BCUT2D eigenvalue weighted by Gasteiger charge is -2.42. The van der Waals surface area contributed by atoms with Crippen LogP contribution in [0.4, 0.5) is 0 Å². The first kappa shape index (κ1) is 12.9. The molecule has 17 heavy (non-hydrogen) atoms. The zero-order valence-corrected chi connectivity index (χ0v) is 11.3. The van der Waals surface area contributed by atoms with E-state index in [0.717, 1.165) is 17.8 Å². The number of aromatic nitrogens is 2. The summed E-state index contributed by atoms with van der Waals surface area (Å²) in [6.45, 7) is 2.02. The molecule has 1 aliphatic rings. The Morgan fingerprint density at radius 1 is 1.59 bits per heavy atom. The van der Waals surface area contributed by atoms with E-state index >= 15 is 0 Å². The van der Waals surface area contributed by atoms with E-state index < -0.39 is 5.60 Å². The number of hydrogen-bond acceptors (Lipinski definition) is 3. The van der Waals surface area contributed by atoms with Crippen LogP contribution in [0.25, 0.3) is 0 Å². The van der Waals surface area contributed by atoms with Gasteiger partial charge in [-0.1, -0.05) is 18.5 Å². The van der Waals surface area contributed by atoms with Crippen molar-refractivity contribution in [1.82, 2.24) is 9.78 Å². The van der Waals surface area contributed by atoms with Gasteiger partial charge in [0.2, 0.25) is 0 Å². The Morgan fingerprint density at radius 3 is 2.71 bits per heavy atom. The molecule has 0 aromatic carbocycles. The van der Waals surface area contributed by atoms with Crippen LogP contribution >= 0.6 is 11.6 Å². The number of aryl methyl sites for hydroxylation is 2. The third-order valence-corrected chi connectivity index (χ3v) is 3.98. The summed E-state index contributed by atoms with van der Waals surface area (Å²) in [5.74, 6) is 0. The number of rotatable bonds is 4. The second-order valence-electron chi connectivity index (χ2n) is 4.85. The molecule has 5 heteroatoms. The standard InChI is InChI=1S/C12H19ClN2O2/c1-4-9-11(13)10(15(2)14-9)7-12(16)5-8(6-12)17-3/h8,16H,4-7H2,1-3H3. The number of aliphatic hydroxyl groups is 1. The molecule has 0 bridgehead atoms. The summed E-state index contributed by atoms with van der Waals surface area (Å²) >= 11 is 6.26. The molecule has 96 valence electrons. The Balaban J connectivity index is 2.12. The second kappa shape index (κ2) is 4.59. The van der Waals surface area contributed by atoms with Crippen molar-refractivity contribution >= 4 is 11.6 Å². The van der Waals surface area contributed by atoms with E-state index in [1.54, 1.807) is 11.8 Å². The zero-order chi connectivity index (χ0) is 12.6. The van der Waals surface area contributed by atoms with E-state index in [1.165, 1.54) is 0 Å². The Bertz CT molecular complexity index is 411. The summed E-state index contributed by atoms with van der Waals surface area (Å²) in [5, 5.41) is 15.4. The first-order valence-corrected chi connectivity index (χ1v) is 6.32. The fourth-order valence-corrected chi connectivity index (χ4v) is 2.78. The molecule has 1 fully saturated rings. The maximum absolute atomic E-state index is 10.3. The number of halogens is 1. The lowest BCUT2D eigenvalue weighted by molar-refractivity contribution is -0.127. The largest absolute Gasteiger partial charge is 0.389 e. The minimum atomic E-state index is -0.677. The molecule has 0 aliphatic heterocycles. The van der Waals surface area contributed by atoms with E-state index in [4.69, 9.17) is 16.3 Å². The van der Waals surface area contributed by atoms with Crippen LogP contribution in [0.2, 0.25) is 5.02 Å². The maximum atomic E-state index is 10.3. The van der Waals surface area contributed by atoms with Gasteiger partial charge in [0.15, 0.2) is 0 Å². The number of methoxy groups -OCH3 is 1. The van der Waals surface area contributed by atoms with Crippen molar-refractivity contribution in [2.24, 2.45) is 7.05 Å². The van der Waals surface area contributed by atoms with Gasteiger partial charge in [-0.2, -0.15) is 5.10 Å². The minimum absolute atomic E-state index is 0.178. The number of nitrogens with zero attached hydrogens (tertiary/aromatic N) is 2. The fourth-order valence-electron chi connectivity index (χ4n) is 2.42. The van der Waals surface area contributed by atoms with Gasteiger partial charge in [-0.3, -0.25) is 4.68 Å². The molecule has 1 saturated carbocycles. The van der Waals surface area contributed by atoms with Crippen molar-refractivity contribution < 1.29 is 9.84 Å². The lowest BCUT2D eigenvalue weighted by Crippen LogP contribution is -2.49. The van der Waals surface area contributed by atoms with Gasteiger partial charge >= 0.3 is 0 Å². The molecule has 0 saturated heterocycles. The maximum Gasteiger partial charge on any atom is 0.0850 e. The third kappa shape index (κ3) is 2.34. The first-order chi connectivity index (χ1) is 7.99. The molecule has 1 aromatic heterocycles. The molecule has 0 spiro atoms. The fraction of sp³-hybridized carbons (Fsp3) is 0.750. The Hall–Kier alpha value is -0.580. The normalized spacial score (nSPS) is 28.2. The van der Waals surface area contributed by atoms with Crippen molar-refractivity contribution in [3.8, 4) is 0 Å². The van der Waals surface area contributed by atoms with Crippen LogP contribution in [0.3, 0.4) is 0 Å². The summed E-state index contributed by atoms with van der Waals surface area (Å²) in [6, 6.07) is 0. The molecular formula is C12H19ClN2O2. The molecule has 0 amide bonds. The molecule has 1 aliphatic carbocycles. The van der Waals surface area contributed by atoms with Crippen molar-refractivity contribution in [3.63, 3.8) is 0 Å². The third-order valence-electron chi connectivity index (χ3n) is 3.55. The predicted octanol–water partition coefficient (Wildman–Crippen LogP) is 1.72. The second-order valence-corrected chi connectivity index (χ2v) is 5.23. The van der Waals surface area contributed by atoms with Crippen molar-refractivity contribution in [2.45, 2.75) is 44.3 Å². The highest BCUT2D eigenvalue weighted by Gasteiger charge is 2.44. The van der Waals surface area contributed by atoms with Crippen LogP contribution in [0, 0.1) is 0 Å². The van der Waals surface area contributed by atoms with E-state index in [-0.39, 0.29) is 6.10 Å². The van der Waals surface area contributed by atoms with Crippen LogP contribution in [0.15, 0.2) is 0 Å². The molecule has 4 nitrogen and oxygen atoms in total. The molecule has 0 radical (unpaired) electrons. The predicted molar refractivity (Wildman–Crippen MR) is 66.3 cm³/mol. The monoisotopic (exact) mass is 258 g/mol. The van der Waals surface area contributed by atoms with E-state index in [0.29, 0.717) is 24.3 Å². The van der Waals surface area contributed by atoms with E-state index in [9.17, 15) is 5.11 Å². The van der Waals surface area contributed by atoms with Crippen molar-refractivity contribution in [2.75, 3.05) is 7.11 Å². The zero-order valence-electron chi connectivity index (χ0n) is 10.5. The van der Waals surface area contributed by atoms with Gasteiger partial charge in [0.25, 0.3) is 0 Å². The van der Waals surface area contributed by atoms with E-state index in [1.807, 2.05) is 14.0 Å². The van der Waals surface area contributed by atoms with Gasteiger partial charge in [-0.15, -0.1) is 0 Å². The van der Waals surface area contributed by atoms with Crippen LogP contribution in [0.1, 0.15) is 31.2 Å². The van der Waals surface area contributed by atoms with Gasteiger partial charge in [0.1, 0.15) is 0 Å². The van der Waals surface area contributed by atoms with E-state index in [2.05, 4.69) is 5.10 Å². The summed E-state index contributed by atoms with van der Waals surface area (Å²) < 4.78 is 6.97. The molecule has 2 rings (SSSR count). The van der Waals surface area contributed by atoms with Crippen LogP contribution in [-0.2, 0) is 24.6 Å². The Labute approximate surface area is 107 Å². The minimum Gasteiger partial charge on any atom is -0.389 e. The summed E-state index contributed by atoms with van der Waals surface area (Å²) in [4.78, 5) is 0. The molecule has 0 unspecified atom stereocenters.